The van der Waals surface area contributed by atoms with Gasteiger partial charge in [-0.05, 0) is 12.1 Å². The maximum atomic E-state index is 9.19. The second kappa shape index (κ2) is 5.25. The number of rotatable bonds is 1. The molecule has 15 heavy (non-hydrogen) atoms. The number of benzene rings is 1. The Morgan fingerprint density at radius 2 is 1.40 bits per heavy atom. The van der Waals surface area contributed by atoms with Crippen LogP contribution in [0.4, 0.5) is 5.69 Å². The van der Waals surface area contributed by atoms with Crippen molar-refractivity contribution in [1.82, 2.24) is 4.48 Å². The second-order valence-corrected chi connectivity index (χ2v) is 5.55. The van der Waals surface area contributed by atoms with E-state index in [4.69, 9.17) is 4.55 Å². The summed E-state index contributed by atoms with van der Waals surface area (Å²) in [4.78, 5) is 0. The van der Waals surface area contributed by atoms with Crippen LogP contribution in [0, 0.1) is 0 Å². The summed E-state index contributed by atoms with van der Waals surface area (Å²) in [6, 6.07) is 10.5. The molecule has 0 radical (unpaired) electrons. The maximum Gasteiger partial charge on any atom is 0.261 e. The third-order valence-corrected chi connectivity index (χ3v) is 1.53. The molecule has 0 aliphatic heterocycles. The van der Waals surface area contributed by atoms with Crippen molar-refractivity contribution in [3.63, 3.8) is 0 Å². The Kier molecular flexibility index (Phi) is 4.93. The van der Waals surface area contributed by atoms with E-state index in [1.807, 2.05) is 6.07 Å². The first-order chi connectivity index (χ1) is 6.61. The molecule has 86 valence electrons. The van der Waals surface area contributed by atoms with E-state index < -0.39 is 10.1 Å². The van der Waals surface area contributed by atoms with Crippen molar-refractivity contribution in [2.45, 2.75) is 0 Å². The van der Waals surface area contributed by atoms with Gasteiger partial charge in [0.1, 0.15) is 5.69 Å². The van der Waals surface area contributed by atoms with Crippen LogP contribution in [0.1, 0.15) is 0 Å². The SMILES string of the molecule is CS(=O)(=O)O.C[N+](C)(C)c1ccccc1. The van der Waals surface area contributed by atoms with Crippen molar-refractivity contribution < 1.29 is 13.0 Å². The van der Waals surface area contributed by atoms with Gasteiger partial charge < -0.3 is 0 Å². The minimum atomic E-state index is -3.67. The van der Waals surface area contributed by atoms with Crippen molar-refractivity contribution in [2.75, 3.05) is 27.4 Å². The molecule has 0 aliphatic rings. The Bertz CT molecular complexity index is 371. The zero-order valence-corrected chi connectivity index (χ0v) is 10.3. The zero-order chi connectivity index (χ0) is 12.1. The number of hydrogen-bond donors (Lipinski definition) is 1. The molecule has 1 aromatic rings. The Morgan fingerprint density at radius 3 is 1.60 bits per heavy atom. The van der Waals surface area contributed by atoms with Gasteiger partial charge in [-0.3, -0.25) is 9.04 Å². The highest BCUT2D eigenvalue weighted by molar-refractivity contribution is 7.85. The fraction of sp³-hybridized carbons (Fsp3) is 0.400. The molecule has 4 nitrogen and oxygen atoms in total. The molecule has 0 spiro atoms. The lowest BCUT2D eigenvalue weighted by molar-refractivity contribution is 0.486. The standard InChI is InChI=1S/C9H14N.CH4O3S/c1-10(2,3)9-7-5-4-6-8-9;1-5(2,3)4/h4-8H,1-3H3;1H3,(H,2,3,4)/q+1;. The molecule has 0 bridgehead atoms. The fourth-order valence-electron chi connectivity index (χ4n) is 0.875. The van der Waals surface area contributed by atoms with Crippen LogP contribution in [-0.2, 0) is 10.1 Å². The van der Waals surface area contributed by atoms with Crippen molar-refractivity contribution in [1.29, 1.82) is 0 Å². The smallest absolute Gasteiger partial charge is 0.261 e. The van der Waals surface area contributed by atoms with E-state index in [-0.39, 0.29) is 0 Å². The third kappa shape index (κ3) is 9.40. The van der Waals surface area contributed by atoms with Gasteiger partial charge in [0, 0.05) is 0 Å². The van der Waals surface area contributed by atoms with E-state index in [2.05, 4.69) is 45.4 Å². The normalized spacial score (nSPS) is 11.5. The van der Waals surface area contributed by atoms with Crippen LogP contribution in [0.3, 0.4) is 0 Å². The maximum absolute atomic E-state index is 9.19. The molecule has 1 N–H and O–H groups in total. The Balaban J connectivity index is 0.000000336. The van der Waals surface area contributed by atoms with Crippen molar-refractivity contribution in [3.05, 3.63) is 30.3 Å². The second-order valence-electron chi connectivity index (χ2n) is 4.08. The van der Waals surface area contributed by atoms with Gasteiger partial charge in [0.15, 0.2) is 0 Å². The highest BCUT2D eigenvalue weighted by atomic mass is 32.2. The number of para-hydroxylation sites is 1. The van der Waals surface area contributed by atoms with Crippen molar-refractivity contribution in [3.8, 4) is 0 Å². The summed E-state index contributed by atoms with van der Waals surface area (Å²) in [6.07, 6.45) is 0.715. The molecule has 0 atom stereocenters. The highest BCUT2D eigenvalue weighted by Gasteiger charge is 2.08. The van der Waals surface area contributed by atoms with E-state index in [1.54, 1.807) is 0 Å². The molecule has 1 rings (SSSR count). The van der Waals surface area contributed by atoms with Gasteiger partial charge in [0.05, 0.1) is 27.4 Å². The van der Waals surface area contributed by atoms with Crippen LogP contribution in [0.15, 0.2) is 30.3 Å². The predicted molar refractivity (Wildman–Crippen MR) is 63.5 cm³/mol. The molecule has 0 amide bonds. The predicted octanol–water partition coefficient (Wildman–Crippen LogP) is 1.39. The molecule has 0 saturated heterocycles. The van der Waals surface area contributed by atoms with Gasteiger partial charge in [-0.15, -0.1) is 0 Å². The summed E-state index contributed by atoms with van der Waals surface area (Å²) in [5, 5.41) is 0. The van der Waals surface area contributed by atoms with Crippen LogP contribution in [0.5, 0.6) is 0 Å². The van der Waals surface area contributed by atoms with Crippen LogP contribution < -0.4 is 4.48 Å². The summed E-state index contributed by atoms with van der Waals surface area (Å²) in [5.74, 6) is 0. The molecule has 0 aromatic heterocycles. The van der Waals surface area contributed by atoms with E-state index in [0.29, 0.717) is 6.26 Å². The van der Waals surface area contributed by atoms with Crippen molar-refractivity contribution in [2.24, 2.45) is 0 Å². The average molecular weight is 232 g/mol. The van der Waals surface area contributed by atoms with Gasteiger partial charge in [-0.25, -0.2) is 0 Å². The van der Waals surface area contributed by atoms with Crippen molar-refractivity contribution >= 4 is 15.8 Å². The van der Waals surface area contributed by atoms with E-state index >= 15 is 0 Å². The quantitative estimate of drug-likeness (QED) is 0.588. The minimum Gasteiger partial charge on any atom is -0.298 e. The topological polar surface area (TPSA) is 54.4 Å². The molecule has 0 saturated carbocycles. The monoisotopic (exact) mass is 232 g/mol. The summed E-state index contributed by atoms with van der Waals surface area (Å²) >= 11 is 0. The summed E-state index contributed by atoms with van der Waals surface area (Å²) in [5.41, 5.74) is 1.34. The summed E-state index contributed by atoms with van der Waals surface area (Å²) in [7, 11) is 2.82. The number of nitrogens with zero attached hydrogens (tertiary/aromatic N) is 1. The Labute approximate surface area is 91.5 Å². The average Bonchev–Trinajstić information content (AvgIpc) is 2.01. The third-order valence-electron chi connectivity index (χ3n) is 1.53. The Morgan fingerprint density at radius 1 is 1.07 bits per heavy atom. The molecular weight excluding hydrogens is 214 g/mol. The molecule has 0 aliphatic carbocycles. The van der Waals surface area contributed by atoms with Crippen LogP contribution in [-0.4, -0.2) is 40.4 Å². The minimum absolute atomic E-state index is 0.715. The summed E-state index contributed by atoms with van der Waals surface area (Å²) in [6.45, 7) is 0. The first kappa shape index (κ1) is 14.1. The number of hydrogen-bond acceptors (Lipinski definition) is 2. The molecule has 1 aromatic carbocycles. The largest absolute Gasteiger partial charge is 0.298 e. The highest BCUT2D eigenvalue weighted by Crippen LogP contribution is 2.14. The van der Waals surface area contributed by atoms with Crippen LogP contribution in [0.2, 0.25) is 0 Å². The van der Waals surface area contributed by atoms with E-state index in [1.165, 1.54) is 5.69 Å². The molecule has 0 unspecified atom stereocenters. The van der Waals surface area contributed by atoms with Gasteiger partial charge in [-0.1, -0.05) is 18.2 Å². The first-order valence-corrected chi connectivity index (χ1v) is 6.25. The van der Waals surface area contributed by atoms with Gasteiger partial charge in [0.25, 0.3) is 10.1 Å². The molecule has 0 heterocycles. The molecule has 0 fully saturated rings. The lowest BCUT2D eigenvalue weighted by atomic mass is 10.3. The lowest BCUT2D eigenvalue weighted by Crippen LogP contribution is -2.34. The van der Waals surface area contributed by atoms with E-state index in [0.717, 1.165) is 4.48 Å². The van der Waals surface area contributed by atoms with Crippen LogP contribution >= 0.6 is 0 Å². The summed E-state index contributed by atoms with van der Waals surface area (Å²) < 4.78 is 26.8. The number of quaternary nitrogens is 1. The molecule has 5 heteroatoms. The molecular formula is C10H18NO3S+. The van der Waals surface area contributed by atoms with Gasteiger partial charge in [-0.2, -0.15) is 8.42 Å². The Hall–Kier alpha value is -0.910. The lowest BCUT2D eigenvalue weighted by Gasteiger charge is -2.22. The zero-order valence-electron chi connectivity index (χ0n) is 9.51. The first-order valence-electron chi connectivity index (χ1n) is 4.40. The van der Waals surface area contributed by atoms with Crippen LogP contribution in [0.25, 0.3) is 0 Å². The van der Waals surface area contributed by atoms with E-state index in [9.17, 15) is 8.42 Å². The van der Waals surface area contributed by atoms with Gasteiger partial charge in [0.2, 0.25) is 0 Å². The fourth-order valence-corrected chi connectivity index (χ4v) is 0.875. The van der Waals surface area contributed by atoms with Gasteiger partial charge >= 0.3 is 0 Å².